The van der Waals surface area contributed by atoms with E-state index in [0.717, 1.165) is 44.1 Å². The zero-order chi connectivity index (χ0) is 28.2. The molecule has 0 saturated carbocycles. The average Bonchev–Trinajstić information content (AvgIpc) is 3.53. The van der Waals surface area contributed by atoms with Gasteiger partial charge in [0.2, 0.25) is 0 Å². The monoisotopic (exact) mass is 540 g/mol. The summed E-state index contributed by atoms with van der Waals surface area (Å²) in [6, 6.07) is 48.0. The minimum Gasteiger partial charge on any atom is -0.308 e. The number of amides is 2. The maximum Gasteiger partial charge on any atom is 0.268 e. The van der Waals surface area contributed by atoms with E-state index >= 15 is 0 Å². The third-order valence-corrected chi connectivity index (χ3v) is 8.12. The number of hydrogen-bond acceptors (Lipinski definition) is 2. The van der Waals surface area contributed by atoms with Crippen LogP contribution >= 0.6 is 0 Å². The highest BCUT2D eigenvalue weighted by atomic mass is 16.2. The number of nitrogens with zero attached hydrogens (tertiary/aromatic N) is 2. The molecule has 0 unspecified atom stereocenters. The Balaban J connectivity index is 1.36. The molecule has 198 valence electrons. The Morgan fingerprint density at radius 3 is 1.88 bits per heavy atom. The minimum absolute atomic E-state index is 0.314. The van der Waals surface area contributed by atoms with Gasteiger partial charge in [0.1, 0.15) is 0 Å². The molecule has 4 nitrogen and oxygen atoms in total. The number of fused-ring (bicyclic) bond motifs is 4. The van der Waals surface area contributed by atoms with Crippen LogP contribution in [0.15, 0.2) is 146 Å². The van der Waals surface area contributed by atoms with Gasteiger partial charge in [-0.15, -0.1) is 0 Å². The fourth-order valence-electron chi connectivity index (χ4n) is 6.26. The smallest absolute Gasteiger partial charge is 0.268 e. The van der Waals surface area contributed by atoms with Crippen molar-refractivity contribution in [2.75, 3.05) is 4.90 Å². The number of carbonyl (C=O) groups excluding carboxylic acids is 2. The molecule has 1 aromatic heterocycles. The third-order valence-electron chi connectivity index (χ3n) is 8.12. The molecule has 0 spiro atoms. The van der Waals surface area contributed by atoms with Crippen molar-refractivity contribution in [2.45, 2.75) is 0 Å². The number of aromatic nitrogens is 1. The molecule has 7 aromatic rings. The van der Waals surface area contributed by atoms with Crippen LogP contribution in [0.25, 0.3) is 49.7 Å². The van der Waals surface area contributed by atoms with Crippen LogP contribution in [0.2, 0.25) is 0 Å². The summed E-state index contributed by atoms with van der Waals surface area (Å²) in [5.74, 6) is -0.634. The molecule has 0 saturated heterocycles. The Labute approximate surface area is 242 Å². The van der Waals surface area contributed by atoms with Gasteiger partial charge in [-0.3, -0.25) is 9.59 Å². The topological polar surface area (TPSA) is 42.3 Å². The van der Waals surface area contributed by atoms with E-state index in [0.29, 0.717) is 22.5 Å². The van der Waals surface area contributed by atoms with Crippen LogP contribution in [0.4, 0.5) is 5.69 Å². The molecule has 2 heterocycles. The normalized spacial score (nSPS) is 12.8. The standard InChI is InChI=1S/C38H24N2O2/c41-37-32-21-11-23-34(35(32)38(42)39(37)28-17-9-16-27(24-28)25-12-3-1-4-13-25)40-33-22-8-7-18-30(33)31-20-10-19-29(36(31)40)26-14-5-2-6-15-26/h1-24H. The second-order valence-electron chi connectivity index (χ2n) is 10.5. The van der Waals surface area contributed by atoms with E-state index in [2.05, 4.69) is 47.0 Å². The summed E-state index contributed by atoms with van der Waals surface area (Å²) in [5.41, 5.74) is 8.17. The Bertz CT molecular complexity index is 2180. The molecule has 42 heavy (non-hydrogen) atoms. The molecule has 1 aliphatic rings. The van der Waals surface area contributed by atoms with Gasteiger partial charge >= 0.3 is 0 Å². The van der Waals surface area contributed by atoms with E-state index in [1.165, 1.54) is 4.90 Å². The van der Waals surface area contributed by atoms with Gasteiger partial charge in [-0.2, -0.15) is 0 Å². The summed E-state index contributed by atoms with van der Waals surface area (Å²) >= 11 is 0. The van der Waals surface area contributed by atoms with Crippen molar-refractivity contribution >= 4 is 39.3 Å². The van der Waals surface area contributed by atoms with Crippen molar-refractivity contribution in [1.29, 1.82) is 0 Å². The van der Waals surface area contributed by atoms with Gasteiger partial charge in [-0.1, -0.05) is 115 Å². The van der Waals surface area contributed by atoms with E-state index in [1.807, 2.05) is 97.1 Å². The van der Waals surface area contributed by atoms with Crippen molar-refractivity contribution in [3.8, 4) is 27.9 Å². The largest absolute Gasteiger partial charge is 0.308 e. The maximum atomic E-state index is 14.3. The molecule has 0 atom stereocenters. The van der Waals surface area contributed by atoms with Gasteiger partial charge in [-0.05, 0) is 47.0 Å². The molecule has 0 radical (unpaired) electrons. The summed E-state index contributed by atoms with van der Waals surface area (Å²) in [5, 5.41) is 2.18. The quantitative estimate of drug-likeness (QED) is 0.209. The Kier molecular flexibility index (Phi) is 5.41. The Hall–Kier alpha value is -5.74. The number of rotatable bonds is 4. The maximum absolute atomic E-state index is 14.3. The number of carbonyl (C=O) groups is 2. The predicted molar refractivity (Wildman–Crippen MR) is 169 cm³/mol. The second-order valence-corrected chi connectivity index (χ2v) is 10.5. The van der Waals surface area contributed by atoms with Gasteiger partial charge in [-0.25, -0.2) is 4.90 Å². The van der Waals surface area contributed by atoms with Crippen LogP contribution < -0.4 is 4.90 Å². The lowest BCUT2D eigenvalue weighted by atomic mass is 10.0. The first-order chi connectivity index (χ1) is 20.7. The summed E-state index contributed by atoms with van der Waals surface area (Å²) in [6.45, 7) is 0. The molecule has 2 amide bonds. The van der Waals surface area contributed by atoms with Crippen molar-refractivity contribution in [3.63, 3.8) is 0 Å². The summed E-state index contributed by atoms with van der Waals surface area (Å²) in [6.07, 6.45) is 0. The predicted octanol–water partition coefficient (Wildman–Crippen LogP) is 8.92. The van der Waals surface area contributed by atoms with E-state index in [4.69, 9.17) is 0 Å². The molecule has 0 bridgehead atoms. The Morgan fingerprint density at radius 1 is 0.452 bits per heavy atom. The van der Waals surface area contributed by atoms with Gasteiger partial charge in [0.15, 0.2) is 0 Å². The summed E-state index contributed by atoms with van der Waals surface area (Å²) < 4.78 is 2.15. The first-order valence-electron chi connectivity index (χ1n) is 14.0. The van der Waals surface area contributed by atoms with Gasteiger partial charge < -0.3 is 4.57 Å². The zero-order valence-electron chi connectivity index (χ0n) is 22.6. The molecule has 0 aliphatic carbocycles. The molecule has 8 rings (SSSR count). The van der Waals surface area contributed by atoms with Crippen LogP contribution in [-0.2, 0) is 0 Å². The molecular formula is C38H24N2O2. The van der Waals surface area contributed by atoms with E-state index in [1.54, 1.807) is 6.07 Å². The molecule has 6 aromatic carbocycles. The fourth-order valence-corrected chi connectivity index (χ4v) is 6.26. The van der Waals surface area contributed by atoms with E-state index in [9.17, 15) is 9.59 Å². The third kappa shape index (κ3) is 3.55. The number of benzene rings is 6. The first kappa shape index (κ1) is 24.1. The average molecular weight is 541 g/mol. The molecule has 1 aliphatic heterocycles. The molecule has 4 heteroatoms. The van der Waals surface area contributed by atoms with Crippen molar-refractivity contribution in [3.05, 3.63) is 157 Å². The number of para-hydroxylation sites is 2. The lowest BCUT2D eigenvalue weighted by Gasteiger charge is -2.16. The molecular weight excluding hydrogens is 516 g/mol. The second kappa shape index (κ2) is 9.43. The molecule has 0 N–H and O–H groups in total. The lowest BCUT2D eigenvalue weighted by molar-refractivity contribution is 0.0926. The van der Waals surface area contributed by atoms with Crippen LogP contribution in [0.3, 0.4) is 0 Å². The highest BCUT2D eigenvalue weighted by Gasteiger charge is 2.39. The number of hydrogen-bond donors (Lipinski definition) is 0. The van der Waals surface area contributed by atoms with Crippen LogP contribution in [0.5, 0.6) is 0 Å². The fraction of sp³-hybridized carbons (Fsp3) is 0. The Morgan fingerprint density at radius 2 is 1.07 bits per heavy atom. The van der Waals surface area contributed by atoms with Crippen LogP contribution in [0, 0.1) is 0 Å². The highest BCUT2D eigenvalue weighted by Crippen LogP contribution is 2.41. The van der Waals surface area contributed by atoms with Crippen molar-refractivity contribution < 1.29 is 9.59 Å². The highest BCUT2D eigenvalue weighted by molar-refractivity contribution is 6.36. The van der Waals surface area contributed by atoms with Gasteiger partial charge in [0.05, 0.1) is 33.5 Å². The van der Waals surface area contributed by atoms with Crippen LogP contribution in [0.1, 0.15) is 20.7 Å². The van der Waals surface area contributed by atoms with Crippen molar-refractivity contribution in [2.24, 2.45) is 0 Å². The summed E-state index contributed by atoms with van der Waals surface area (Å²) in [4.78, 5) is 29.5. The summed E-state index contributed by atoms with van der Waals surface area (Å²) in [7, 11) is 0. The van der Waals surface area contributed by atoms with Crippen molar-refractivity contribution in [1.82, 2.24) is 4.57 Å². The lowest BCUT2D eigenvalue weighted by Crippen LogP contribution is -2.29. The number of anilines is 1. The first-order valence-corrected chi connectivity index (χ1v) is 14.0. The molecule has 0 fully saturated rings. The van der Waals surface area contributed by atoms with Gasteiger partial charge in [0.25, 0.3) is 11.8 Å². The number of imide groups is 1. The van der Waals surface area contributed by atoms with Crippen LogP contribution in [-0.4, -0.2) is 16.4 Å². The van der Waals surface area contributed by atoms with E-state index in [-0.39, 0.29) is 11.8 Å². The minimum atomic E-state index is -0.320. The zero-order valence-corrected chi connectivity index (χ0v) is 22.6. The SMILES string of the molecule is O=C1c2cccc(-n3c4ccccc4c4cccc(-c5ccccc5)c43)c2C(=O)N1c1cccc(-c2ccccc2)c1. The van der Waals surface area contributed by atoms with E-state index < -0.39 is 0 Å². The van der Waals surface area contributed by atoms with Gasteiger partial charge in [0, 0.05) is 16.3 Å².